The number of methoxy groups -OCH3 is 1. The van der Waals surface area contributed by atoms with Gasteiger partial charge in [-0.25, -0.2) is 0 Å². The second kappa shape index (κ2) is 7.43. The summed E-state index contributed by atoms with van der Waals surface area (Å²) in [7, 11) is 1.46. The van der Waals surface area contributed by atoms with E-state index in [1.807, 2.05) is 6.07 Å². The number of nitrogens with zero attached hydrogens (tertiary/aromatic N) is 3. The standard InChI is InChI=1S/C17H11Cl2N3O3/c1-23-14-7-10(8-20)6-13(19)16(14)24-9-15-21-22-17(25-15)11-2-4-12(18)5-3-11/h2-7H,9H2,1H3. The van der Waals surface area contributed by atoms with E-state index >= 15 is 0 Å². The Morgan fingerprint density at radius 1 is 1.16 bits per heavy atom. The zero-order valence-corrected chi connectivity index (χ0v) is 14.5. The molecule has 0 aliphatic heterocycles. The van der Waals surface area contributed by atoms with Crippen molar-refractivity contribution in [2.24, 2.45) is 0 Å². The summed E-state index contributed by atoms with van der Waals surface area (Å²) in [6.45, 7) is 0.00255. The van der Waals surface area contributed by atoms with Crippen LogP contribution in [0.1, 0.15) is 11.5 Å². The molecule has 126 valence electrons. The maximum atomic E-state index is 8.96. The molecule has 0 unspecified atom stereocenters. The number of rotatable bonds is 5. The number of benzene rings is 2. The van der Waals surface area contributed by atoms with Gasteiger partial charge in [0.15, 0.2) is 18.1 Å². The van der Waals surface area contributed by atoms with Gasteiger partial charge >= 0.3 is 0 Å². The van der Waals surface area contributed by atoms with Crippen LogP contribution in [-0.4, -0.2) is 17.3 Å². The predicted molar refractivity (Wildman–Crippen MR) is 91.8 cm³/mol. The Labute approximate surface area is 153 Å². The number of hydrogen-bond donors (Lipinski definition) is 0. The second-order valence-electron chi connectivity index (χ2n) is 4.90. The van der Waals surface area contributed by atoms with Gasteiger partial charge in [0, 0.05) is 16.7 Å². The fourth-order valence-electron chi connectivity index (χ4n) is 2.08. The zero-order chi connectivity index (χ0) is 17.8. The minimum absolute atomic E-state index is 0.00255. The molecule has 2 aromatic carbocycles. The van der Waals surface area contributed by atoms with Crippen molar-refractivity contribution < 1.29 is 13.9 Å². The summed E-state index contributed by atoms with van der Waals surface area (Å²) in [6, 6.07) is 12.1. The van der Waals surface area contributed by atoms with Gasteiger partial charge in [-0.05, 0) is 30.3 Å². The van der Waals surface area contributed by atoms with Crippen molar-refractivity contribution in [2.75, 3.05) is 7.11 Å². The van der Waals surface area contributed by atoms with E-state index in [0.29, 0.717) is 28.0 Å². The summed E-state index contributed by atoms with van der Waals surface area (Å²) < 4.78 is 16.4. The normalized spacial score (nSPS) is 10.3. The first-order chi connectivity index (χ1) is 12.1. The smallest absolute Gasteiger partial charge is 0.254 e. The summed E-state index contributed by atoms with van der Waals surface area (Å²) in [6.07, 6.45) is 0. The first-order valence-corrected chi connectivity index (χ1v) is 7.85. The summed E-state index contributed by atoms with van der Waals surface area (Å²) in [5.41, 5.74) is 1.12. The molecule has 0 bridgehead atoms. The van der Waals surface area contributed by atoms with Gasteiger partial charge in [0.05, 0.1) is 23.8 Å². The second-order valence-corrected chi connectivity index (χ2v) is 5.74. The lowest BCUT2D eigenvalue weighted by atomic mass is 10.2. The van der Waals surface area contributed by atoms with Crippen LogP contribution in [0.2, 0.25) is 10.0 Å². The maximum Gasteiger partial charge on any atom is 0.254 e. The molecular weight excluding hydrogens is 365 g/mol. The van der Waals surface area contributed by atoms with E-state index in [0.717, 1.165) is 5.56 Å². The molecule has 0 aliphatic rings. The van der Waals surface area contributed by atoms with E-state index in [1.165, 1.54) is 19.2 Å². The maximum absolute atomic E-state index is 8.96. The van der Waals surface area contributed by atoms with E-state index in [4.69, 9.17) is 42.4 Å². The van der Waals surface area contributed by atoms with Crippen LogP contribution in [0, 0.1) is 11.3 Å². The molecule has 6 nitrogen and oxygen atoms in total. The third-order valence-electron chi connectivity index (χ3n) is 3.26. The van der Waals surface area contributed by atoms with Crippen LogP contribution in [-0.2, 0) is 6.61 Å². The van der Waals surface area contributed by atoms with E-state index < -0.39 is 0 Å². The van der Waals surface area contributed by atoms with Crippen molar-refractivity contribution in [1.82, 2.24) is 10.2 Å². The number of halogens is 2. The molecule has 1 heterocycles. The quantitative estimate of drug-likeness (QED) is 0.652. The van der Waals surface area contributed by atoms with Crippen molar-refractivity contribution in [1.29, 1.82) is 5.26 Å². The van der Waals surface area contributed by atoms with Crippen LogP contribution in [0.3, 0.4) is 0 Å². The third kappa shape index (κ3) is 3.85. The minimum Gasteiger partial charge on any atom is -0.493 e. The Morgan fingerprint density at radius 3 is 2.60 bits per heavy atom. The molecule has 0 amide bonds. The van der Waals surface area contributed by atoms with Crippen LogP contribution in [0.25, 0.3) is 11.5 Å². The fourth-order valence-corrected chi connectivity index (χ4v) is 2.47. The number of hydrogen-bond acceptors (Lipinski definition) is 6. The molecule has 0 radical (unpaired) electrons. The van der Waals surface area contributed by atoms with Gasteiger partial charge in [0.1, 0.15) is 0 Å². The lowest BCUT2D eigenvalue weighted by Crippen LogP contribution is -1.99. The average Bonchev–Trinajstić information content (AvgIpc) is 3.09. The molecule has 1 aromatic heterocycles. The largest absolute Gasteiger partial charge is 0.493 e. The Hall–Kier alpha value is -2.75. The molecule has 3 rings (SSSR count). The summed E-state index contributed by atoms with van der Waals surface area (Å²) >= 11 is 12.0. The first kappa shape index (κ1) is 17.1. The van der Waals surface area contributed by atoms with E-state index in [-0.39, 0.29) is 17.5 Å². The van der Waals surface area contributed by atoms with Gasteiger partial charge in [0.2, 0.25) is 5.89 Å². The molecular formula is C17H11Cl2N3O3. The molecule has 0 saturated carbocycles. The highest BCUT2D eigenvalue weighted by Crippen LogP contribution is 2.36. The van der Waals surface area contributed by atoms with E-state index in [1.54, 1.807) is 24.3 Å². The highest BCUT2D eigenvalue weighted by molar-refractivity contribution is 6.32. The Bertz CT molecular complexity index is 933. The molecule has 0 N–H and O–H groups in total. The van der Waals surface area contributed by atoms with Crippen LogP contribution >= 0.6 is 23.2 Å². The van der Waals surface area contributed by atoms with Crippen LogP contribution in [0.4, 0.5) is 0 Å². The molecule has 0 aliphatic carbocycles. The fraction of sp³-hybridized carbons (Fsp3) is 0.118. The van der Waals surface area contributed by atoms with Crippen molar-refractivity contribution in [2.45, 2.75) is 6.61 Å². The van der Waals surface area contributed by atoms with Gasteiger partial charge in [-0.2, -0.15) is 5.26 Å². The topological polar surface area (TPSA) is 81.2 Å². The van der Waals surface area contributed by atoms with Gasteiger partial charge < -0.3 is 13.9 Å². The van der Waals surface area contributed by atoms with Gasteiger partial charge in [0.25, 0.3) is 5.89 Å². The molecule has 0 fully saturated rings. The van der Waals surface area contributed by atoms with Crippen molar-refractivity contribution in [3.8, 4) is 29.0 Å². The van der Waals surface area contributed by atoms with Gasteiger partial charge in [-0.1, -0.05) is 23.2 Å². The number of aromatic nitrogens is 2. The third-order valence-corrected chi connectivity index (χ3v) is 3.79. The summed E-state index contributed by atoms with van der Waals surface area (Å²) in [5.74, 6) is 1.27. The average molecular weight is 376 g/mol. The molecule has 3 aromatic rings. The molecule has 0 atom stereocenters. The molecule has 8 heteroatoms. The highest BCUT2D eigenvalue weighted by Gasteiger charge is 2.15. The SMILES string of the molecule is COc1cc(C#N)cc(Cl)c1OCc1nnc(-c2ccc(Cl)cc2)o1. The van der Waals surface area contributed by atoms with Crippen LogP contribution < -0.4 is 9.47 Å². The molecule has 25 heavy (non-hydrogen) atoms. The zero-order valence-electron chi connectivity index (χ0n) is 13.0. The Morgan fingerprint density at radius 2 is 1.92 bits per heavy atom. The van der Waals surface area contributed by atoms with Gasteiger partial charge in [-0.3, -0.25) is 0 Å². The van der Waals surface area contributed by atoms with Crippen molar-refractivity contribution in [3.05, 3.63) is 57.9 Å². The number of nitriles is 1. The highest BCUT2D eigenvalue weighted by atomic mass is 35.5. The lowest BCUT2D eigenvalue weighted by molar-refractivity contribution is 0.251. The minimum atomic E-state index is 0.00255. The Kier molecular flexibility index (Phi) is 5.08. The van der Waals surface area contributed by atoms with Crippen LogP contribution in [0.5, 0.6) is 11.5 Å². The van der Waals surface area contributed by atoms with Gasteiger partial charge in [-0.15, -0.1) is 10.2 Å². The van der Waals surface area contributed by atoms with Crippen LogP contribution in [0.15, 0.2) is 40.8 Å². The number of ether oxygens (including phenoxy) is 2. The monoisotopic (exact) mass is 375 g/mol. The predicted octanol–water partition coefficient (Wildman–Crippen LogP) is 4.50. The lowest BCUT2D eigenvalue weighted by Gasteiger charge is -2.11. The summed E-state index contributed by atoms with van der Waals surface area (Å²) in [5, 5.41) is 17.8. The summed E-state index contributed by atoms with van der Waals surface area (Å²) in [4.78, 5) is 0. The van der Waals surface area contributed by atoms with E-state index in [2.05, 4.69) is 10.2 Å². The van der Waals surface area contributed by atoms with Crippen molar-refractivity contribution >= 4 is 23.2 Å². The molecule has 0 saturated heterocycles. The van der Waals surface area contributed by atoms with E-state index in [9.17, 15) is 0 Å². The first-order valence-electron chi connectivity index (χ1n) is 7.09. The van der Waals surface area contributed by atoms with Crippen molar-refractivity contribution in [3.63, 3.8) is 0 Å². The Balaban J connectivity index is 1.77. The molecule has 0 spiro atoms.